The van der Waals surface area contributed by atoms with E-state index >= 15 is 0 Å². The summed E-state index contributed by atoms with van der Waals surface area (Å²) in [7, 11) is 0. The quantitative estimate of drug-likeness (QED) is 0.803. The van der Waals surface area contributed by atoms with Crippen LogP contribution in [0.15, 0.2) is 38.4 Å². The summed E-state index contributed by atoms with van der Waals surface area (Å²) >= 11 is 4.95. The first-order chi connectivity index (χ1) is 7.65. The van der Waals surface area contributed by atoms with Crippen LogP contribution < -0.4 is 0 Å². The predicted molar refractivity (Wildman–Crippen MR) is 68.4 cm³/mol. The smallest absolute Gasteiger partial charge is 0.277 e. The molecule has 0 aliphatic carbocycles. The highest BCUT2D eigenvalue weighted by molar-refractivity contribution is 9.10. The fourth-order valence-corrected chi connectivity index (χ4v) is 2.05. The van der Waals surface area contributed by atoms with Crippen LogP contribution in [0, 0.1) is 0 Å². The lowest BCUT2D eigenvalue weighted by atomic mass is 10.2. The Morgan fingerprint density at radius 2 is 1.88 bits per heavy atom. The number of hydrogen-bond donors (Lipinski definition) is 0. The summed E-state index contributed by atoms with van der Waals surface area (Å²) in [6, 6.07) is 7.80. The molecule has 0 amide bonds. The molecule has 16 heavy (non-hydrogen) atoms. The number of hydrogen-bond acceptors (Lipinski definition) is 4. The van der Waals surface area contributed by atoms with Crippen LogP contribution in [0.5, 0.6) is 0 Å². The van der Waals surface area contributed by atoms with Gasteiger partial charge >= 0.3 is 0 Å². The molecule has 0 radical (unpaired) electrons. The van der Waals surface area contributed by atoms with Crippen molar-refractivity contribution in [3.63, 3.8) is 0 Å². The van der Waals surface area contributed by atoms with E-state index in [4.69, 9.17) is 4.42 Å². The van der Waals surface area contributed by atoms with Gasteiger partial charge in [-0.25, -0.2) is 0 Å². The Hall–Kier alpha value is -0.810. The highest BCUT2D eigenvalue weighted by Crippen LogP contribution is 2.26. The average molecular weight is 299 g/mol. The maximum atomic E-state index is 5.55. The Labute approximate surface area is 107 Å². The molecule has 5 heteroatoms. The van der Waals surface area contributed by atoms with Crippen LogP contribution in [0.2, 0.25) is 0 Å². The fourth-order valence-electron chi connectivity index (χ4n) is 1.17. The largest absolute Gasteiger partial charge is 0.411 e. The van der Waals surface area contributed by atoms with Crippen molar-refractivity contribution in [2.24, 2.45) is 0 Å². The second-order valence-corrected chi connectivity index (χ2v) is 5.99. The monoisotopic (exact) mass is 298 g/mol. The SMILES string of the molecule is CC(C)Sc1nnc(-c2ccc(Br)cc2)o1. The molecule has 0 atom stereocenters. The van der Waals surface area contributed by atoms with Gasteiger partial charge in [-0.3, -0.25) is 0 Å². The zero-order valence-corrected chi connectivity index (χ0v) is 11.4. The van der Waals surface area contributed by atoms with Gasteiger partial charge in [-0.1, -0.05) is 41.5 Å². The second-order valence-electron chi connectivity index (χ2n) is 3.55. The molecule has 0 spiro atoms. The average Bonchev–Trinajstić information content (AvgIpc) is 2.66. The molecule has 0 bridgehead atoms. The van der Waals surface area contributed by atoms with Crippen molar-refractivity contribution in [3.8, 4) is 11.5 Å². The Balaban J connectivity index is 2.21. The van der Waals surface area contributed by atoms with Gasteiger partial charge in [-0.15, -0.1) is 10.2 Å². The van der Waals surface area contributed by atoms with Crippen LogP contribution in [0.4, 0.5) is 0 Å². The maximum Gasteiger partial charge on any atom is 0.277 e. The van der Waals surface area contributed by atoms with E-state index in [0.717, 1.165) is 10.0 Å². The number of nitrogens with zero attached hydrogens (tertiary/aromatic N) is 2. The minimum Gasteiger partial charge on any atom is -0.411 e. The van der Waals surface area contributed by atoms with E-state index in [1.165, 1.54) is 0 Å². The molecule has 0 fully saturated rings. The third kappa shape index (κ3) is 2.86. The van der Waals surface area contributed by atoms with E-state index in [9.17, 15) is 0 Å². The minimum absolute atomic E-state index is 0.443. The van der Waals surface area contributed by atoms with E-state index in [0.29, 0.717) is 16.4 Å². The zero-order chi connectivity index (χ0) is 11.5. The van der Waals surface area contributed by atoms with Gasteiger partial charge in [0.1, 0.15) is 0 Å². The minimum atomic E-state index is 0.443. The van der Waals surface area contributed by atoms with Crippen LogP contribution in [0.1, 0.15) is 13.8 Å². The standard InChI is InChI=1S/C11H11BrN2OS/c1-7(2)16-11-14-13-10(15-11)8-3-5-9(12)6-4-8/h3-7H,1-2H3. The molecule has 84 valence electrons. The number of halogens is 1. The molecule has 0 N–H and O–H groups in total. The molecule has 0 aliphatic rings. The summed E-state index contributed by atoms with van der Waals surface area (Å²) in [5.41, 5.74) is 0.936. The van der Waals surface area contributed by atoms with Crippen molar-refractivity contribution in [1.82, 2.24) is 10.2 Å². The molecule has 0 saturated heterocycles. The zero-order valence-electron chi connectivity index (χ0n) is 8.98. The van der Waals surface area contributed by atoms with Gasteiger partial charge in [-0.05, 0) is 24.3 Å². The van der Waals surface area contributed by atoms with Gasteiger partial charge in [0.2, 0.25) is 5.89 Å². The number of rotatable bonds is 3. The van der Waals surface area contributed by atoms with Gasteiger partial charge in [0.15, 0.2) is 0 Å². The van der Waals surface area contributed by atoms with Crippen molar-refractivity contribution in [2.75, 3.05) is 0 Å². The van der Waals surface area contributed by atoms with Gasteiger partial charge in [0, 0.05) is 15.3 Å². The molecular formula is C11H11BrN2OS. The summed E-state index contributed by atoms with van der Waals surface area (Å²) in [5.74, 6) is 0.565. The number of thioether (sulfide) groups is 1. The van der Waals surface area contributed by atoms with Crippen LogP contribution in [-0.2, 0) is 0 Å². The van der Waals surface area contributed by atoms with Crippen molar-refractivity contribution in [1.29, 1.82) is 0 Å². The van der Waals surface area contributed by atoms with Crippen molar-refractivity contribution in [2.45, 2.75) is 24.3 Å². The van der Waals surface area contributed by atoms with E-state index in [2.05, 4.69) is 40.0 Å². The molecule has 0 aliphatic heterocycles. The highest BCUT2D eigenvalue weighted by atomic mass is 79.9. The van der Waals surface area contributed by atoms with Gasteiger partial charge in [0.25, 0.3) is 5.22 Å². The Kier molecular flexibility index (Phi) is 3.66. The lowest BCUT2D eigenvalue weighted by Crippen LogP contribution is -1.84. The molecule has 2 aromatic rings. The molecule has 2 rings (SSSR count). The number of benzene rings is 1. The van der Waals surface area contributed by atoms with E-state index < -0.39 is 0 Å². The van der Waals surface area contributed by atoms with Crippen molar-refractivity contribution in [3.05, 3.63) is 28.7 Å². The lowest BCUT2D eigenvalue weighted by Gasteiger charge is -1.97. The van der Waals surface area contributed by atoms with Gasteiger partial charge in [-0.2, -0.15) is 0 Å². The molecule has 0 saturated carbocycles. The fraction of sp³-hybridized carbons (Fsp3) is 0.273. The Morgan fingerprint density at radius 3 is 2.50 bits per heavy atom. The highest BCUT2D eigenvalue weighted by Gasteiger charge is 2.09. The van der Waals surface area contributed by atoms with E-state index in [-0.39, 0.29) is 0 Å². The van der Waals surface area contributed by atoms with Crippen LogP contribution >= 0.6 is 27.7 Å². The summed E-state index contributed by atoms with van der Waals surface area (Å²) in [4.78, 5) is 0. The van der Waals surface area contributed by atoms with Crippen LogP contribution in [-0.4, -0.2) is 15.4 Å². The molecule has 0 unspecified atom stereocenters. The third-order valence-electron chi connectivity index (χ3n) is 1.83. The summed E-state index contributed by atoms with van der Waals surface area (Å²) in [5, 5.41) is 9.07. The van der Waals surface area contributed by atoms with Crippen LogP contribution in [0.3, 0.4) is 0 Å². The third-order valence-corrected chi connectivity index (χ3v) is 3.20. The van der Waals surface area contributed by atoms with Gasteiger partial charge < -0.3 is 4.42 Å². The lowest BCUT2D eigenvalue weighted by molar-refractivity contribution is 0.465. The first-order valence-corrected chi connectivity index (χ1v) is 6.58. The summed E-state index contributed by atoms with van der Waals surface area (Å²) < 4.78 is 6.58. The van der Waals surface area contributed by atoms with Crippen LogP contribution in [0.25, 0.3) is 11.5 Å². The van der Waals surface area contributed by atoms with E-state index in [1.807, 2.05) is 24.3 Å². The first kappa shape index (κ1) is 11.7. The normalized spacial score (nSPS) is 11.0. The Bertz CT molecular complexity index is 467. The predicted octanol–water partition coefficient (Wildman–Crippen LogP) is 4.00. The molecule has 3 nitrogen and oxygen atoms in total. The molecule has 1 heterocycles. The second kappa shape index (κ2) is 5.01. The molecule has 1 aromatic heterocycles. The number of aromatic nitrogens is 2. The Morgan fingerprint density at radius 1 is 1.19 bits per heavy atom. The van der Waals surface area contributed by atoms with Crippen molar-refractivity contribution >= 4 is 27.7 Å². The van der Waals surface area contributed by atoms with Gasteiger partial charge in [0.05, 0.1) is 0 Å². The maximum absolute atomic E-state index is 5.55. The molecular weight excluding hydrogens is 288 g/mol. The van der Waals surface area contributed by atoms with Crippen molar-refractivity contribution < 1.29 is 4.42 Å². The summed E-state index contributed by atoms with van der Waals surface area (Å²) in [6.07, 6.45) is 0. The first-order valence-electron chi connectivity index (χ1n) is 4.91. The topological polar surface area (TPSA) is 38.9 Å². The van der Waals surface area contributed by atoms with E-state index in [1.54, 1.807) is 11.8 Å². The molecule has 1 aromatic carbocycles. The summed E-state index contributed by atoms with van der Waals surface area (Å²) in [6.45, 7) is 4.18.